The number of nitrogens with two attached hydrogens (primary N) is 1. The summed E-state index contributed by atoms with van der Waals surface area (Å²) in [6.45, 7) is 3.35. The Bertz CT molecular complexity index is 689. The summed E-state index contributed by atoms with van der Waals surface area (Å²) in [4.78, 5) is 24.1. The molecule has 0 fully saturated rings. The molecule has 0 aliphatic rings. The molecule has 0 saturated carbocycles. The van der Waals surface area contributed by atoms with Crippen molar-refractivity contribution in [1.29, 1.82) is 0 Å². The third-order valence-corrected chi connectivity index (χ3v) is 3.22. The fourth-order valence-corrected chi connectivity index (χ4v) is 1.95. The Kier molecular flexibility index (Phi) is 5.34. The monoisotopic (exact) mass is 310 g/mol. The van der Waals surface area contributed by atoms with E-state index in [-0.39, 0.29) is 29.6 Å². The maximum absolute atomic E-state index is 12.5. The van der Waals surface area contributed by atoms with E-state index in [0.29, 0.717) is 5.69 Å². The van der Waals surface area contributed by atoms with Crippen molar-refractivity contribution in [3.63, 3.8) is 0 Å². The van der Waals surface area contributed by atoms with Crippen molar-refractivity contribution in [1.82, 2.24) is 9.36 Å². The van der Waals surface area contributed by atoms with E-state index in [1.807, 2.05) is 30.3 Å². The summed E-state index contributed by atoms with van der Waals surface area (Å²) < 4.78 is 3.21. The third-order valence-electron chi connectivity index (χ3n) is 3.22. The van der Waals surface area contributed by atoms with E-state index < -0.39 is 6.04 Å². The van der Waals surface area contributed by atoms with Crippen LogP contribution in [0.15, 0.2) is 35.1 Å². The molecule has 1 amide bonds. The number of nitrogens with zero attached hydrogens (tertiary/aromatic N) is 2. The number of hydrogen-bond acceptors (Lipinski definition) is 3. The molecule has 0 aliphatic heterocycles. The number of benzene rings is 1. The molecule has 114 valence electrons. The van der Waals surface area contributed by atoms with Gasteiger partial charge in [-0.25, -0.2) is 4.68 Å². The average molecular weight is 311 g/mol. The minimum absolute atomic E-state index is 0. The Morgan fingerprint density at radius 1 is 1.29 bits per heavy atom. The van der Waals surface area contributed by atoms with Gasteiger partial charge in [0.25, 0.3) is 5.56 Å². The largest absolute Gasteiger partial charge is 0.320 e. The van der Waals surface area contributed by atoms with Crippen molar-refractivity contribution in [2.24, 2.45) is 12.8 Å². The summed E-state index contributed by atoms with van der Waals surface area (Å²) in [6.07, 6.45) is 0. The van der Waals surface area contributed by atoms with Crippen LogP contribution in [-0.4, -0.2) is 21.3 Å². The van der Waals surface area contributed by atoms with Crippen LogP contribution in [0.25, 0.3) is 5.69 Å². The van der Waals surface area contributed by atoms with Gasteiger partial charge in [-0.15, -0.1) is 12.4 Å². The number of anilines is 1. The smallest absolute Gasteiger partial charge is 0.295 e. The topological polar surface area (TPSA) is 82.1 Å². The highest BCUT2D eigenvalue weighted by atomic mass is 35.5. The maximum atomic E-state index is 12.5. The van der Waals surface area contributed by atoms with Gasteiger partial charge >= 0.3 is 0 Å². The Labute approximate surface area is 128 Å². The van der Waals surface area contributed by atoms with Crippen molar-refractivity contribution in [2.75, 3.05) is 5.32 Å². The second-order valence-corrected chi connectivity index (χ2v) is 4.71. The molecule has 0 spiro atoms. The SMILES string of the molecule is Cc1c(NC(=O)[C@@H](C)N)c(=O)n(-c2ccccc2)n1C.Cl. The number of hydrogen-bond donors (Lipinski definition) is 2. The maximum Gasteiger partial charge on any atom is 0.295 e. The van der Waals surface area contributed by atoms with Crippen molar-refractivity contribution in [2.45, 2.75) is 19.9 Å². The quantitative estimate of drug-likeness (QED) is 0.893. The zero-order valence-electron chi connectivity index (χ0n) is 12.2. The summed E-state index contributed by atoms with van der Waals surface area (Å²) >= 11 is 0. The molecule has 6 nitrogen and oxygen atoms in total. The lowest BCUT2D eigenvalue weighted by Gasteiger charge is -2.07. The molecule has 0 unspecified atom stereocenters. The van der Waals surface area contributed by atoms with Gasteiger partial charge in [-0.05, 0) is 26.0 Å². The molecule has 0 bridgehead atoms. The van der Waals surface area contributed by atoms with Crippen LogP contribution in [0.4, 0.5) is 5.69 Å². The zero-order chi connectivity index (χ0) is 14.9. The van der Waals surface area contributed by atoms with Crippen LogP contribution < -0.4 is 16.6 Å². The second kappa shape index (κ2) is 6.60. The van der Waals surface area contributed by atoms with Crippen LogP contribution in [0, 0.1) is 6.92 Å². The van der Waals surface area contributed by atoms with Gasteiger partial charge in [-0.2, -0.15) is 0 Å². The van der Waals surface area contributed by atoms with Gasteiger partial charge in [-0.1, -0.05) is 18.2 Å². The van der Waals surface area contributed by atoms with E-state index in [1.54, 1.807) is 25.6 Å². The van der Waals surface area contributed by atoms with Crippen molar-refractivity contribution in [3.05, 3.63) is 46.4 Å². The van der Waals surface area contributed by atoms with Crippen molar-refractivity contribution >= 4 is 24.0 Å². The molecule has 0 radical (unpaired) electrons. The van der Waals surface area contributed by atoms with Gasteiger partial charge < -0.3 is 11.1 Å². The molecule has 1 heterocycles. The summed E-state index contributed by atoms with van der Waals surface area (Å²) in [7, 11) is 1.77. The molecule has 7 heteroatoms. The molecule has 1 atom stereocenters. The van der Waals surface area contributed by atoms with Crippen LogP contribution in [0.5, 0.6) is 0 Å². The predicted molar refractivity (Wildman–Crippen MR) is 85.3 cm³/mol. The average Bonchev–Trinajstić information content (AvgIpc) is 2.63. The van der Waals surface area contributed by atoms with E-state index in [9.17, 15) is 9.59 Å². The molecule has 0 saturated heterocycles. The lowest BCUT2D eigenvalue weighted by atomic mass is 10.3. The minimum atomic E-state index is -0.667. The first-order chi connectivity index (χ1) is 9.43. The molecular weight excluding hydrogens is 292 g/mol. The predicted octanol–water partition coefficient (Wildman–Crippen LogP) is 1.19. The second-order valence-electron chi connectivity index (χ2n) is 4.71. The van der Waals surface area contributed by atoms with Crippen LogP contribution in [0.1, 0.15) is 12.6 Å². The number of aromatic nitrogens is 2. The number of carbonyl (C=O) groups excluding carboxylic acids is 1. The minimum Gasteiger partial charge on any atom is -0.320 e. The van der Waals surface area contributed by atoms with Crippen LogP contribution in [0.2, 0.25) is 0 Å². The van der Waals surface area contributed by atoms with Crippen LogP contribution in [0.3, 0.4) is 0 Å². The highest BCUT2D eigenvalue weighted by Crippen LogP contribution is 2.13. The number of halogens is 1. The number of nitrogens with one attached hydrogen (secondary N) is 1. The fraction of sp³-hybridized carbons (Fsp3) is 0.286. The summed E-state index contributed by atoms with van der Waals surface area (Å²) in [5.74, 6) is -0.379. The Hall–Kier alpha value is -2.05. The summed E-state index contributed by atoms with van der Waals surface area (Å²) in [6, 6.07) is 8.58. The number of rotatable bonds is 3. The first kappa shape index (κ1) is 17.0. The first-order valence-corrected chi connectivity index (χ1v) is 6.34. The number of para-hydroxylation sites is 1. The van der Waals surface area contributed by atoms with Crippen LogP contribution >= 0.6 is 12.4 Å². The molecule has 0 aliphatic carbocycles. The van der Waals surface area contributed by atoms with E-state index in [0.717, 1.165) is 5.69 Å². The Balaban J connectivity index is 0.00000220. The number of amides is 1. The molecule has 21 heavy (non-hydrogen) atoms. The third kappa shape index (κ3) is 3.17. The first-order valence-electron chi connectivity index (χ1n) is 6.34. The van der Waals surface area contributed by atoms with Gasteiger partial charge in [0.1, 0.15) is 5.69 Å². The van der Waals surface area contributed by atoms with Crippen LogP contribution in [-0.2, 0) is 11.8 Å². The molecule has 3 N–H and O–H groups in total. The van der Waals surface area contributed by atoms with Gasteiger partial charge in [-0.3, -0.25) is 14.3 Å². The normalized spacial score (nSPS) is 11.6. The summed E-state index contributed by atoms with van der Waals surface area (Å²) in [5.41, 5.74) is 6.92. The van der Waals surface area contributed by atoms with Gasteiger partial charge in [0.05, 0.1) is 17.4 Å². The molecule has 2 aromatic rings. The highest BCUT2D eigenvalue weighted by Gasteiger charge is 2.19. The summed E-state index contributed by atoms with van der Waals surface area (Å²) in [5, 5.41) is 2.59. The number of carbonyl (C=O) groups is 1. The van der Waals surface area contributed by atoms with E-state index in [4.69, 9.17) is 5.73 Å². The molecule has 1 aromatic heterocycles. The lowest BCUT2D eigenvalue weighted by molar-refractivity contribution is -0.117. The molecular formula is C14H19ClN4O2. The Morgan fingerprint density at radius 2 is 1.86 bits per heavy atom. The van der Waals surface area contributed by atoms with E-state index >= 15 is 0 Å². The van der Waals surface area contributed by atoms with Crippen molar-refractivity contribution in [3.8, 4) is 5.69 Å². The Morgan fingerprint density at radius 3 is 2.38 bits per heavy atom. The fourth-order valence-electron chi connectivity index (χ4n) is 1.95. The lowest BCUT2D eigenvalue weighted by Crippen LogP contribution is -2.34. The van der Waals surface area contributed by atoms with E-state index in [1.165, 1.54) is 4.68 Å². The van der Waals surface area contributed by atoms with E-state index in [2.05, 4.69) is 5.32 Å². The molecule has 1 aromatic carbocycles. The van der Waals surface area contributed by atoms with Crippen molar-refractivity contribution < 1.29 is 4.79 Å². The zero-order valence-corrected chi connectivity index (χ0v) is 13.0. The standard InChI is InChI=1S/C14H18N4O2.ClH/c1-9(15)13(19)16-12-10(2)17(3)18(14(12)20)11-7-5-4-6-8-11;/h4-9H,15H2,1-3H3,(H,16,19);1H/t9-;/m1./s1. The highest BCUT2D eigenvalue weighted by molar-refractivity contribution is 5.94. The van der Waals surface area contributed by atoms with Gasteiger partial charge in [0.15, 0.2) is 0 Å². The molecule has 2 rings (SSSR count). The van der Waals surface area contributed by atoms with Gasteiger partial charge in [0.2, 0.25) is 5.91 Å². The van der Waals surface area contributed by atoms with Gasteiger partial charge in [0, 0.05) is 7.05 Å².